The predicted octanol–water partition coefficient (Wildman–Crippen LogP) is 1.22. The largest absolute Gasteiger partial charge is 0.481 e. The highest BCUT2D eigenvalue weighted by atomic mass is 16.5. The van der Waals surface area contributed by atoms with E-state index in [0.717, 1.165) is 0 Å². The Bertz CT molecular complexity index is 397. The van der Waals surface area contributed by atoms with Gasteiger partial charge in [0.2, 0.25) is 0 Å². The molecule has 0 aromatic heterocycles. The average molecular weight is 300 g/mol. The van der Waals surface area contributed by atoms with E-state index >= 15 is 0 Å². The van der Waals surface area contributed by atoms with Crippen LogP contribution in [-0.2, 0) is 14.3 Å². The molecule has 1 aliphatic carbocycles. The van der Waals surface area contributed by atoms with Gasteiger partial charge in [-0.2, -0.15) is 0 Å². The molecule has 2 amide bonds. The fourth-order valence-electron chi connectivity index (χ4n) is 2.43. The van der Waals surface area contributed by atoms with Crippen LogP contribution < -0.4 is 5.32 Å². The monoisotopic (exact) mass is 300 g/mol. The molecule has 2 atom stereocenters. The lowest BCUT2D eigenvalue weighted by molar-refractivity contribution is -0.144. The molecule has 0 heterocycles. The van der Waals surface area contributed by atoms with Crippen LogP contribution in [-0.4, -0.2) is 53.2 Å². The van der Waals surface area contributed by atoms with Gasteiger partial charge in [0.15, 0.2) is 0 Å². The van der Waals surface area contributed by atoms with Crippen LogP contribution in [0.2, 0.25) is 0 Å². The first-order valence-electron chi connectivity index (χ1n) is 7.30. The maximum Gasteiger partial charge on any atom is 0.325 e. The zero-order valence-electron chi connectivity index (χ0n) is 12.8. The quantitative estimate of drug-likeness (QED) is 0.719. The third kappa shape index (κ3) is 5.24. The van der Waals surface area contributed by atoms with Crippen molar-refractivity contribution in [2.24, 2.45) is 5.92 Å². The number of nitrogens with one attached hydrogen (secondary N) is 1. The summed E-state index contributed by atoms with van der Waals surface area (Å²) in [6, 6.07) is -0.651. The Morgan fingerprint density at radius 3 is 2.48 bits per heavy atom. The Morgan fingerprint density at radius 1 is 1.33 bits per heavy atom. The first-order valence-corrected chi connectivity index (χ1v) is 7.30. The standard InChI is InChI=1S/C14H24N2O5/c1-4-21-12(17)8-16(9(2)3)14(20)15-11-6-5-10(7-11)13(18)19/h9-11H,4-8H2,1-3H3,(H,15,20)(H,18,19)/t10-,11+/m1/s1. The molecular weight excluding hydrogens is 276 g/mol. The fraction of sp³-hybridized carbons (Fsp3) is 0.786. The number of urea groups is 1. The van der Waals surface area contributed by atoms with E-state index in [-0.39, 0.29) is 31.3 Å². The third-order valence-electron chi connectivity index (χ3n) is 3.60. The highest BCUT2D eigenvalue weighted by Crippen LogP contribution is 2.25. The number of ether oxygens (including phenoxy) is 1. The van der Waals surface area contributed by atoms with E-state index in [1.54, 1.807) is 6.92 Å². The highest BCUT2D eigenvalue weighted by molar-refractivity contribution is 5.81. The van der Waals surface area contributed by atoms with Crippen molar-refractivity contribution in [2.75, 3.05) is 13.2 Å². The molecule has 0 unspecified atom stereocenters. The lowest BCUT2D eigenvalue weighted by Crippen LogP contribution is -2.49. The Kier molecular flexibility index (Phi) is 6.45. The van der Waals surface area contributed by atoms with Crippen molar-refractivity contribution < 1.29 is 24.2 Å². The molecule has 1 saturated carbocycles. The maximum atomic E-state index is 12.2. The van der Waals surface area contributed by atoms with Crippen molar-refractivity contribution in [2.45, 2.75) is 52.1 Å². The SMILES string of the molecule is CCOC(=O)CN(C(=O)N[C@H]1CC[C@@H](C(=O)O)C1)C(C)C. The molecule has 21 heavy (non-hydrogen) atoms. The van der Waals surface area contributed by atoms with Crippen molar-refractivity contribution in [3.63, 3.8) is 0 Å². The number of carboxylic acid groups (broad SMARTS) is 1. The van der Waals surface area contributed by atoms with Crippen molar-refractivity contribution in [3.8, 4) is 0 Å². The van der Waals surface area contributed by atoms with Crippen molar-refractivity contribution in [1.82, 2.24) is 10.2 Å². The van der Waals surface area contributed by atoms with Crippen LogP contribution in [0, 0.1) is 5.92 Å². The van der Waals surface area contributed by atoms with Crippen LogP contribution in [0.25, 0.3) is 0 Å². The third-order valence-corrected chi connectivity index (χ3v) is 3.60. The zero-order chi connectivity index (χ0) is 16.0. The summed E-state index contributed by atoms with van der Waals surface area (Å²) in [6.45, 7) is 5.50. The fourth-order valence-corrected chi connectivity index (χ4v) is 2.43. The molecule has 7 nitrogen and oxygen atoms in total. The molecular formula is C14H24N2O5. The second-order valence-electron chi connectivity index (χ2n) is 5.52. The molecule has 0 radical (unpaired) electrons. The molecule has 1 fully saturated rings. The van der Waals surface area contributed by atoms with Gasteiger partial charge >= 0.3 is 18.0 Å². The first kappa shape index (κ1) is 17.3. The van der Waals surface area contributed by atoms with Crippen LogP contribution in [0.5, 0.6) is 0 Å². The first-order chi connectivity index (χ1) is 9.85. The van der Waals surface area contributed by atoms with Crippen molar-refractivity contribution in [3.05, 3.63) is 0 Å². The van der Waals surface area contributed by atoms with Crippen LogP contribution >= 0.6 is 0 Å². The minimum atomic E-state index is -0.820. The second kappa shape index (κ2) is 7.85. The molecule has 7 heteroatoms. The molecule has 1 aliphatic rings. The normalized spacial score (nSPS) is 21.1. The van der Waals surface area contributed by atoms with Gasteiger partial charge < -0.3 is 20.1 Å². The number of hydrogen-bond donors (Lipinski definition) is 2. The number of carboxylic acids is 1. The summed E-state index contributed by atoms with van der Waals surface area (Å²) in [4.78, 5) is 36.0. The minimum absolute atomic E-state index is 0.105. The summed E-state index contributed by atoms with van der Waals surface area (Å²) in [5.41, 5.74) is 0. The lowest BCUT2D eigenvalue weighted by atomic mass is 10.1. The van der Waals surface area contributed by atoms with Gasteiger partial charge in [-0.25, -0.2) is 4.79 Å². The zero-order valence-corrected chi connectivity index (χ0v) is 12.8. The summed E-state index contributed by atoms with van der Waals surface area (Å²) in [5, 5.41) is 11.8. The topological polar surface area (TPSA) is 95.9 Å². The number of nitrogens with zero attached hydrogens (tertiary/aromatic N) is 1. The molecule has 0 aromatic rings. The Morgan fingerprint density at radius 2 is 2.00 bits per heavy atom. The van der Waals surface area contributed by atoms with Crippen molar-refractivity contribution >= 4 is 18.0 Å². The number of rotatable bonds is 6. The van der Waals surface area contributed by atoms with E-state index in [1.165, 1.54) is 4.90 Å². The van der Waals surface area contributed by atoms with Crippen LogP contribution in [0.15, 0.2) is 0 Å². The Labute approximate surface area is 124 Å². The average Bonchev–Trinajstić information content (AvgIpc) is 2.84. The molecule has 0 aliphatic heterocycles. The smallest absolute Gasteiger partial charge is 0.325 e. The van der Waals surface area contributed by atoms with Crippen LogP contribution in [0.1, 0.15) is 40.0 Å². The van der Waals surface area contributed by atoms with Gasteiger partial charge in [0.25, 0.3) is 0 Å². The number of carbonyl (C=O) groups is 3. The molecule has 0 spiro atoms. The molecule has 0 aromatic carbocycles. The number of hydrogen-bond acceptors (Lipinski definition) is 4. The van der Waals surface area contributed by atoms with Gasteiger partial charge in [0.05, 0.1) is 12.5 Å². The van der Waals surface area contributed by atoms with Gasteiger partial charge in [-0.1, -0.05) is 0 Å². The molecule has 0 saturated heterocycles. The Balaban J connectivity index is 2.54. The highest BCUT2D eigenvalue weighted by Gasteiger charge is 2.32. The minimum Gasteiger partial charge on any atom is -0.481 e. The molecule has 1 rings (SSSR count). The summed E-state index contributed by atoms with van der Waals surface area (Å²) in [5.74, 6) is -1.66. The number of aliphatic carboxylic acids is 1. The van der Waals surface area contributed by atoms with Crippen LogP contribution in [0.3, 0.4) is 0 Å². The molecule has 120 valence electrons. The van der Waals surface area contributed by atoms with E-state index in [2.05, 4.69) is 5.32 Å². The van der Waals surface area contributed by atoms with Gasteiger partial charge in [0, 0.05) is 12.1 Å². The lowest BCUT2D eigenvalue weighted by Gasteiger charge is -2.27. The number of esters is 1. The van der Waals surface area contributed by atoms with E-state index in [0.29, 0.717) is 19.3 Å². The molecule has 2 N–H and O–H groups in total. The van der Waals surface area contributed by atoms with E-state index < -0.39 is 17.9 Å². The van der Waals surface area contributed by atoms with Gasteiger partial charge in [-0.15, -0.1) is 0 Å². The summed E-state index contributed by atoms with van der Waals surface area (Å²) in [7, 11) is 0. The van der Waals surface area contributed by atoms with E-state index in [1.807, 2.05) is 13.8 Å². The summed E-state index contributed by atoms with van der Waals surface area (Å²) < 4.78 is 4.85. The second-order valence-corrected chi connectivity index (χ2v) is 5.52. The van der Waals surface area contributed by atoms with E-state index in [9.17, 15) is 14.4 Å². The van der Waals surface area contributed by atoms with Crippen molar-refractivity contribution in [1.29, 1.82) is 0 Å². The summed E-state index contributed by atoms with van der Waals surface area (Å²) in [6.07, 6.45) is 1.65. The Hall–Kier alpha value is -1.79. The van der Waals surface area contributed by atoms with Gasteiger partial charge in [-0.05, 0) is 40.0 Å². The van der Waals surface area contributed by atoms with Crippen LogP contribution in [0.4, 0.5) is 4.79 Å². The number of amides is 2. The predicted molar refractivity (Wildman–Crippen MR) is 75.8 cm³/mol. The van der Waals surface area contributed by atoms with Gasteiger partial charge in [0.1, 0.15) is 6.54 Å². The molecule has 0 bridgehead atoms. The number of carbonyl (C=O) groups excluding carboxylic acids is 2. The maximum absolute atomic E-state index is 12.2. The van der Waals surface area contributed by atoms with E-state index in [4.69, 9.17) is 9.84 Å². The van der Waals surface area contributed by atoms with Gasteiger partial charge in [-0.3, -0.25) is 9.59 Å². The summed E-state index contributed by atoms with van der Waals surface area (Å²) >= 11 is 0.